The van der Waals surface area contributed by atoms with E-state index < -0.39 is 0 Å². The lowest BCUT2D eigenvalue weighted by atomic mass is 10.1. The molecule has 0 radical (unpaired) electrons. The van der Waals surface area contributed by atoms with Crippen molar-refractivity contribution in [3.63, 3.8) is 0 Å². The number of nitrogens with one attached hydrogen (secondary N) is 3. The molecule has 1 heterocycles. The fourth-order valence-electron chi connectivity index (χ4n) is 2.76. The van der Waals surface area contributed by atoms with Gasteiger partial charge < -0.3 is 15.6 Å². The molecule has 2 amide bonds. The number of hydrogen-bond donors (Lipinski definition) is 3. The van der Waals surface area contributed by atoms with Gasteiger partial charge >= 0.3 is 0 Å². The molecular weight excluding hydrogens is 342 g/mol. The molecule has 27 heavy (non-hydrogen) atoms. The highest BCUT2D eigenvalue weighted by atomic mass is 16.2. The van der Waals surface area contributed by atoms with Crippen LogP contribution >= 0.6 is 0 Å². The number of rotatable bonds is 5. The molecule has 3 N–H and O–H groups in total. The summed E-state index contributed by atoms with van der Waals surface area (Å²) in [5.41, 5.74) is 3.73. The smallest absolute Gasteiger partial charge is 0.253 e. The van der Waals surface area contributed by atoms with Gasteiger partial charge in [0.2, 0.25) is 5.91 Å². The van der Waals surface area contributed by atoms with Gasteiger partial charge in [0.15, 0.2) is 0 Å². The van der Waals surface area contributed by atoms with Crippen LogP contribution in [0.4, 0.5) is 0 Å². The Kier molecular flexibility index (Phi) is 5.35. The minimum absolute atomic E-state index is 0.0955. The highest BCUT2D eigenvalue weighted by Crippen LogP contribution is 2.17. The molecule has 0 saturated heterocycles. The van der Waals surface area contributed by atoms with Gasteiger partial charge in [-0.25, -0.2) is 0 Å². The Bertz CT molecular complexity index is 1060. The first-order chi connectivity index (χ1) is 12.9. The number of amides is 2. The van der Waals surface area contributed by atoms with Crippen molar-refractivity contribution in [3.8, 4) is 0 Å². The van der Waals surface area contributed by atoms with Crippen molar-refractivity contribution in [3.05, 3.63) is 81.1 Å². The van der Waals surface area contributed by atoms with E-state index in [9.17, 15) is 14.4 Å². The fourth-order valence-corrected chi connectivity index (χ4v) is 2.76. The van der Waals surface area contributed by atoms with Crippen molar-refractivity contribution >= 4 is 22.7 Å². The summed E-state index contributed by atoms with van der Waals surface area (Å²) in [6.07, 6.45) is 0. The van der Waals surface area contributed by atoms with E-state index in [1.807, 2.05) is 32.0 Å². The lowest BCUT2D eigenvalue weighted by Gasteiger charge is -2.09. The second kappa shape index (κ2) is 7.86. The molecule has 0 atom stereocenters. The molecule has 0 fully saturated rings. The summed E-state index contributed by atoms with van der Waals surface area (Å²) in [6, 6.07) is 14.4. The fraction of sp³-hybridized carbons (Fsp3) is 0.190. The van der Waals surface area contributed by atoms with Crippen LogP contribution in [0.5, 0.6) is 0 Å². The lowest BCUT2D eigenvalue weighted by molar-refractivity contribution is -0.120. The molecule has 0 bridgehead atoms. The second-order valence-corrected chi connectivity index (χ2v) is 6.47. The molecule has 3 aromatic rings. The SMILES string of the molecule is Cc1cc2cc(CNC(=O)CNC(=O)c3ccccc3)c(=O)[nH]c2cc1C. The number of carbonyl (C=O) groups excluding carboxylic acids is 2. The molecule has 0 spiro atoms. The number of aryl methyl sites for hydroxylation is 2. The predicted molar refractivity (Wildman–Crippen MR) is 105 cm³/mol. The maximum absolute atomic E-state index is 12.2. The van der Waals surface area contributed by atoms with Gasteiger partial charge in [0.1, 0.15) is 0 Å². The van der Waals surface area contributed by atoms with Gasteiger partial charge in [-0.1, -0.05) is 18.2 Å². The number of pyridine rings is 1. The monoisotopic (exact) mass is 363 g/mol. The predicted octanol–water partition coefficient (Wildman–Crippen LogP) is 2.19. The Hall–Kier alpha value is -3.41. The summed E-state index contributed by atoms with van der Waals surface area (Å²) in [5, 5.41) is 6.14. The molecule has 6 heteroatoms. The Labute approximate surface area is 156 Å². The zero-order valence-corrected chi connectivity index (χ0v) is 15.3. The normalized spacial score (nSPS) is 10.6. The average Bonchev–Trinajstić information content (AvgIpc) is 2.66. The number of H-pyrrole nitrogens is 1. The van der Waals surface area contributed by atoms with Gasteiger partial charge in [0, 0.05) is 23.2 Å². The van der Waals surface area contributed by atoms with Crippen LogP contribution in [-0.2, 0) is 11.3 Å². The second-order valence-electron chi connectivity index (χ2n) is 6.47. The maximum atomic E-state index is 12.2. The van der Waals surface area contributed by atoms with Crippen LogP contribution in [0, 0.1) is 13.8 Å². The summed E-state index contributed by atoms with van der Waals surface area (Å²) < 4.78 is 0. The van der Waals surface area contributed by atoms with Crippen LogP contribution in [0.15, 0.2) is 53.3 Å². The largest absolute Gasteiger partial charge is 0.350 e. The number of aromatic amines is 1. The van der Waals surface area contributed by atoms with Gasteiger partial charge in [-0.15, -0.1) is 0 Å². The maximum Gasteiger partial charge on any atom is 0.253 e. The molecule has 2 aromatic carbocycles. The summed E-state index contributed by atoms with van der Waals surface area (Å²) in [5.74, 6) is -0.681. The van der Waals surface area contributed by atoms with Gasteiger partial charge in [-0.2, -0.15) is 0 Å². The number of hydrogen-bond acceptors (Lipinski definition) is 3. The van der Waals surface area contributed by atoms with Crippen molar-refractivity contribution in [1.82, 2.24) is 15.6 Å². The van der Waals surface area contributed by atoms with Crippen LogP contribution in [0.3, 0.4) is 0 Å². The van der Waals surface area contributed by atoms with Crippen molar-refractivity contribution in [2.75, 3.05) is 6.54 Å². The van der Waals surface area contributed by atoms with Crippen molar-refractivity contribution in [1.29, 1.82) is 0 Å². The Morgan fingerprint density at radius 3 is 2.41 bits per heavy atom. The van der Waals surface area contributed by atoms with Crippen LogP contribution in [0.2, 0.25) is 0 Å². The van der Waals surface area contributed by atoms with E-state index in [1.54, 1.807) is 30.3 Å². The van der Waals surface area contributed by atoms with E-state index in [2.05, 4.69) is 15.6 Å². The molecule has 0 aliphatic carbocycles. The zero-order valence-electron chi connectivity index (χ0n) is 15.3. The van der Waals surface area contributed by atoms with Crippen LogP contribution < -0.4 is 16.2 Å². The van der Waals surface area contributed by atoms with Crippen molar-refractivity contribution in [2.45, 2.75) is 20.4 Å². The third-order valence-corrected chi connectivity index (χ3v) is 4.46. The number of carbonyl (C=O) groups is 2. The third-order valence-electron chi connectivity index (χ3n) is 4.46. The van der Waals surface area contributed by atoms with Gasteiger partial charge in [-0.3, -0.25) is 14.4 Å². The van der Waals surface area contributed by atoms with Crippen LogP contribution in [0.25, 0.3) is 10.9 Å². The molecular formula is C21H21N3O3. The summed E-state index contributed by atoms with van der Waals surface area (Å²) in [7, 11) is 0. The van der Waals surface area contributed by atoms with Gasteiger partial charge in [-0.05, 0) is 60.7 Å². The van der Waals surface area contributed by atoms with E-state index in [4.69, 9.17) is 0 Å². The van der Waals surface area contributed by atoms with Crippen LogP contribution in [0.1, 0.15) is 27.0 Å². The van der Waals surface area contributed by atoms with E-state index in [0.717, 1.165) is 22.0 Å². The molecule has 0 aliphatic rings. The van der Waals surface area contributed by atoms with Gasteiger partial charge in [0.05, 0.1) is 6.54 Å². The minimum atomic E-state index is -0.362. The standard InChI is InChI=1S/C21H21N3O3/c1-13-8-16-10-17(21(27)24-18(16)9-14(13)2)11-22-19(25)12-23-20(26)15-6-4-3-5-7-15/h3-10H,11-12H2,1-2H3,(H,22,25)(H,23,26)(H,24,27). The Balaban J connectivity index is 1.61. The van der Waals surface area contributed by atoms with Crippen molar-refractivity contribution in [2.24, 2.45) is 0 Å². The molecule has 0 saturated carbocycles. The first kappa shape index (κ1) is 18.4. The van der Waals surface area contributed by atoms with E-state index in [1.165, 1.54) is 0 Å². The van der Waals surface area contributed by atoms with E-state index in [-0.39, 0.29) is 30.5 Å². The quantitative estimate of drug-likeness (QED) is 0.649. The number of benzene rings is 2. The number of fused-ring (bicyclic) bond motifs is 1. The minimum Gasteiger partial charge on any atom is -0.350 e. The van der Waals surface area contributed by atoms with Crippen molar-refractivity contribution < 1.29 is 9.59 Å². The number of aromatic nitrogens is 1. The molecule has 6 nitrogen and oxygen atoms in total. The molecule has 1 aromatic heterocycles. The first-order valence-corrected chi connectivity index (χ1v) is 8.67. The molecule has 0 unspecified atom stereocenters. The van der Waals surface area contributed by atoms with Gasteiger partial charge in [0.25, 0.3) is 11.5 Å². The summed E-state index contributed by atoms with van der Waals surface area (Å²) in [6.45, 7) is 3.94. The molecule has 138 valence electrons. The summed E-state index contributed by atoms with van der Waals surface area (Å²) in [4.78, 5) is 39.0. The highest BCUT2D eigenvalue weighted by Gasteiger charge is 2.09. The van der Waals surface area contributed by atoms with E-state index in [0.29, 0.717) is 11.1 Å². The Morgan fingerprint density at radius 2 is 1.67 bits per heavy atom. The average molecular weight is 363 g/mol. The van der Waals surface area contributed by atoms with Crippen LogP contribution in [-0.4, -0.2) is 23.3 Å². The lowest BCUT2D eigenvalue weighted by Crippen LogP contribution is -2.37. The Morgan fingerprint density at radius 1 is 0.963 bits per heavy atom. The third kappa shape index (κ3) is 4.41. The molecule has 3 rings (SSSR count). The zero-order chi connectivity index (χ0) is 19.4. The van der Waals surface area contributed by atoms with E-state index >= 15 is 0 Å². The highest BCUT2D eigenvalue weighted by molar-refractivity contribution is 5.96. The topological polar surface area (TPSA) is 91.1 Å². The molecule has 0 aliphatic heterocycles. The first-order valence-electron chi connectivity index (χ1n) is 8.67. The summed E-state index contributed by atoms with van der Waals surface area (Å²) >= 11 is 0.